The molecule has 0 radical (unpaired) electrons. The summed E-state index contributed by atoms with van der Waals surface area (Å²) in [7, 11) is 0. The Morgan fingerprint density at radius 2 is 2.00 bits per heavy atom. The van der Waals surface area contributed by atoms with Crippen LogP contribution in [0.4, 0.5) is 0 Å². The molecule has 0 fully saturated rings. The predicted octanol–water partition coefficient (Wildman–Crippen LogP) is 1.22. The second-order valence-corrected chi connectivity index (χ2v) is 3.46. The van der Waals surface area contributed by atoms with E-state index >= 15 is 0 Å². The van der Waals surface area contributed by atoms with Crippen LogP contribution in [0.2, 0.25) is 5.15 Å². The molecule has 0 aliphatic rings. The number of aromatic nitrogens is 4. The Kier molecular flexibility index (Phi) is 1.58. The van der Waals surface area contributed by atoms with Crippen LogP contribution in [0.15, 0.2) is 29.1 Å². The third-order valence-electron chi connectivity index (χ3n) is 2.23. The van der Waals surface area contributed by atoms with E-state index in [9.17, 15) is 4.79 Å². The lowest BCUT2D eigenvalue weighted by Gasteiger charge is -1.99. The summed E-state index contributed by atoms with van der Waals surface area (Å²) < 4.78 is 1.16. The fourth-order valence-corrected chi connectivity index (χ4v) is 1.80. The van der Waals surface area contributed by atoms with E-state index in [1.165, 1.54) is 0 Å². The van der Waals surface area contributed by atoms with Crippen LogP contribution < -0.4 is 5.69 Å². The van der Waals surface area contributed by atoms with Crippen molar-refractivity contribution in [3.63, 3.8) is 0 Å². The van der Waals surface area contributed by atoms with Crippen LogP contribution in [0.25, 0.3) is 16.4 Å². The molecule has 6 heteroatoms. The minimum Gasteiger partial charge on any atom is -0.244 e. The van der Waals surface area contributed by atoms with Gasteiger partial charge in [-0.3, -0.25) is 0 Å². The van der Waals surface area contributed by atoms with Crippen molar-refractivity contribution >= 4 is 28.0 Å². The Bertz CT molecular complexity index is 715. The smallest absolute Gasteiger partial charge is 0.244 e. The van der Waals surface area contributed by atoms with Crippen LogP contribution in [0.3, 0.4) is 0 Å². The molecule has 3 aromatic rings. The molecule has 1 N–H and O–H groups in total. The van der Waals surface area contributed by atoms with Crippen LogP contribution in [0.5, 0.6) is 0 Å². The van der Waals surface area contributed by atoms with Crippen molar-refractivity contribution in [1.82, 2.24) is 19.8 Å². The molecular formula is C9H5ClN4O. The van der Waals surface area contributed by atoms with Gasteiger partial charge < -0.3 is 0 Å². The molecule has 15 heavy (non-hydrogen) atoms. The molecule has 0 spiro atoms. The van der Waals surface area contributed by atoms with Crippen molar-refractivity contribution in [3.8, 4) is 0 Å². The number of hydrogen-bond donors (Lipinski definition) is 1. The third-order valence-corrected chi connectivity index (χ3v) is 2.51. The highest BCUT2D eigenvalue weighted by Gasteiger charge is 2.09. The van der Waals surface area contributed by atoms with E-state index < -0.39 is 5.69 Å². The lowest BCUT2D eigenvalue weighted by molar-refractivity contribution is 0.887. The van der Waals surface area contributed by atoms with Gasteiger partial charge in [0.1, 0.15) is 0 Å². The van der Waals surface area contributed by atoms with Gasteiger partial charge in [-0.2, -0.15) is 9.61 Å². The number of rotatable bonds is 0. The highest BCUT2D eigenvalue weighted by atomic mass is 35.5. The molecule has 74 valence electrons. The molecule has 0 aliphatic carbocycles. The number of H-pyrrole nitrogens is 1. The Balaban J connectivity index is 2.71. The molecule has 0 bridgehead atoms. The second kappa shape index (κ2) is 2.80. The van der Waals surface area contributed by atoms with Crippen molar-refractivity contribution < 1.29 is 0 Å². The molecule has 0 saturated carbocycles. The number of nitrogens with zero attached hydrogens (tertiary/aromatic N) is 3. The number of benzene rings is 1. The minimum atomic E-state index is -0.391. The van der Waals surface area contributed by atoms with Gasteiger partial charge in [0.15, 0.2) is 10.8 Å². The maximum atomic E-state index is 11.3. The van der Waals surface area contributed by atoms with Gasteiger partial charge in [-0.25, -0.2) is 9.89 Å². The maximum absolute atomic E-state index is 11.3. The molecule has 5 nitrogen and oxygen atoms in total. The van der Waals surface area contributed by atoms with Crippen LogP contribution in [0, 0.1) is 0 Å². The van der Waals surface area contributed by atoms with E-state index in [0.29, 0.717) is 10.8 Å². The first kappa shape index (κ1) is 8.43. The number of halogens is 1. The zero-order chi connectivity index (χ0) is 10.4. The maximum Gasteiger partial charge on any atom is 0.364 e. The average molecular weight is 221 g/mol. The first-order valence-corrected chi connectivity index (χ1v) is 4.67. The van der Waals surface area contributed by atoms with Gasteiger partial charge in [-0.15, -0.1) is 5.10 Å². The number of nitrogens with one attached hydrogen (secondary N) is 1. The summed E-state index contributed by atoms with van der Waals surface area (Å²) >= 11 is 5.95. The van der Waals surface area contributed by atoms with Crippen molar-refractivity contribution in [3.05, 3.63) is 39.9 Å². The number of hydrogen-bond acceptors (Lipinski definition) is 3. The molecule has 0 amide bonds. The fourth-order valence-electron chi connectivity index (χ4n) is 1.56. The number of aromatic amines is 1. The van der Waals surface area contributed by atoms with Gasteiger partial charge in [-0.1, -0.05) is 35.9 Å². The zero-order valence-electron chi connectivity index (χ0n) is 7.44. The molecule has 0 aliphatic heterocycles. The summed E-state index contributed by atoms with van der Waals surface area (Å²) in [5, 5.41) is 12.0. The van der Waals surface area contributed by atoms with Crippen LogP contribution in [-0.2, 0) is 0 Å². The Morgan fingerprint density at radius 1 is 1.27 bits per heavy atom. The van der Waals surface area contributed by atoms with Gasteiger partial charge in [-0.05, 0) is 0 Å². The van der Waals surface area contributed by atoms with E-state index in [-0.39, 0.29) is 0 Å². The first-order valence-electron chi connectivity index (χ1n) is 4.29. The minimum absolute atomic E-state index is 0.293. The topological polar surface area (TPSA) is 63.0 Å². The van der Waals surface area contributed by atoms with Crippen LogP contribution in [0.1, 0.15) is 0 Å². The molecule has 2 heterocycles. The monoisotopic (exact) mass is 220 g/mol. The van der Waals surface area contributed by atoms with Crippen molar-refractivity contribution in [2.45, 2.75) is 0 Å². The quantitative estimate of drug-likeness (QED) is 0.620. The molecular weight excluding hydrogens is 216 g/mol. The predicted molar refractivity (Wildman–Crippen MR) is 56.1 cm³/mol. The van der Waals surface area contributed by atoms with E-state index in [1.54, 1.807) is 0 Å². The summed E-state index contributed by atoms with van der Waals surface area (Å²) in [6.45, 7) is 0. The molecule has 0 unspecified atom stereocenters. The van der Waals surface area contributed by atoms with E-state index in [1.807, 2.05) is 24.3 Å². The lowest BCUT2D eigenvalue weighted by Crippen LogP contribution is -2.12. The largest absolute Gasteiger partial charge is 0.364 e. The molecule has 0 saturated heterocycles. The van der Waals surface area contributed by atoms with Crippen molar-refractivity contribution in [1.29, 1.82) is 0 Å². The van der Waals surface area contributed by atoms with E-state index in [4.69, 9.17) is 11.6 Å². The highest BCUT2D eigenvalue weighted by Crippen LogP contribution is 2.22. The van der Waals surface area contributed by atoms with Gasteiger partial charge in [0, 0.05) is 10.8 Å². The second-order valence-electron chi connectivity index (χ2n) is 3.10. The first-order chi connectivity index (χ1) is 7.27. The summed E-state index contributed by atoms with van der Waals surface area (Å²) in [5.41, 5.74) is 0.0950. The van der Waals surface area contributed by atoms with Gasteiger partial charge in [0.05, 0.1) is 0 Å². The molecule has 1 aromatic carbocycles. The normalized spacial score (nSPS) is 11.3. The average Bonchev–Trinajstić information content (AvgIpc) is 2.62. The Morgan fingerprint density at radius 3 is 2.80 bits per heavy atom. The third kappa shape index (κ3) is 1.07. The van der Waals surface area contributed by atoms with E-state index in [0.717, 1.165) is 15.3 Å². The molecule has 0 atom stereocenters. The summed E-state index contributed by atoms with van der Waals surface area (Å²) in [6.07, 6.45) is 0. The lowest BCUT2D eigenvalue weighted by atomic mass is 10.2. The number of fused-ring (bicyclic) bond motifs is 3. The van der Waals surface area contributed by atoms with Crippen LogP contribution >= 0.6 is 11.6 Å². The summed E-state index contributed by atoms with van der Waals surface area (Å²) in [6, 6.07) is 7.40. The summed E-state index contributed by atoms with van der Waals surface area (Å²) in [5.74, 6) is 0. The SMILES string of the molecule is O=c1[nH]nc2c3ccccc3c(Cl)nn12. The standard InChI is InChI=1S/C9H5ClN4O/c10-7-5-3-1-2-4-6(5)8-11-12-9(15)14(8)13-7/h1-4H,(H,12,15). The fraction of sp³-hybridized carbons (Fsp3) is 0. The Labute approximate surface area is 88.3 Å². The van der Waals surface area contributed by atoms with E-state index in [2.05, 4.69) is 15.3 Å². The molecule has 3 rings (SSSR count). The summed E-state index contributed by atoms with van der Waals surface area (Å²) in [4.78, 5) is 11.3. The zero-order valence-corrected chi connectivity index (χ0v) is 8.19. The van der Waals surface area contributed by atoms with Gasteiger partial charge in [0.25, 0.3) is 0 Å². The van der Waals surface area contributed by atoms with Gasteiger partial charge in [0.2, 0.25) is 0 Å². The van der Waals surface area contributed by atoms with Crippen molar-refractivity contribution in [2.24, 2.45) is 0 Å². The molecule has 2 aromatic heterocycles. The van der Waals surface area contributed by atoms with Crippen LogP contribution in [-0.4, -0.2) is 19.8 Å². The Hall–Kier alpha value is -1.88. The highest BCUT2D eigenvalue weighted by molar-refractivity contribution is 6.34. The van der Waals surface area contributed by atoms with Gasteiger partial charge >= 0.3 is 5.69 Å². The van der Waals surface area contributed by atoms with Crippen molar-refractivity contribution in [2.75, 3.05) is 0 Å².